The van der Waals surface area contributed by atoms with Gasteiger partial charge < -0.3 is 14.8 Å². The molecule has 1 aromatic carbocycles. The first-order chi connectivity index (χ1) is 13.5. The van der Waals surface area contributed by atoms with E-state index in [0.717, 1.165) is 53.7 Å². The van der Waals surface area contributed by atoms with E-state index in [1.807, 2.05) is 48.6 Å². The van der Waals surface area contributed by atoms with Gasteiger partial charge in [0.1, 0.15) is 12.2 Å². The fourth-order valence-electron chi connectivity index (χ4n) is 3.65. The van der Waals surface area contributed by atoms with Gasteiger partial charge in [-0.15, -0.1) is 10.2 Å². The van der Waals surface area contributed by atoms with E-state index in [1.165, 1.54) is 0 Å². The van der Waals surface area contributed by atoms with E-state index in [9.17, 15) is 4.79 Å². The number of urea groups is 1. The fourth-order valence-corrected chi connectivity index (χ4v) is 3.65. The maximum absolute atomic E-state index is 12.9. The largest absolute Gasteiger partial charge is 0.324 e. The van der Waals surface area contributed by atoms with Gasteiger partial charge >= 0.3 is 6.03 Å². The van der Waals surface area contributed by atoms with Crippen LogP contribution in [0, 0.1) is 13.8 Å². The van der Waals surface area contributed by atoms with E-state index in [-0.39, 0.29) is 11.9 Å². The van der Waals surface area contributed by atoms with Crippen molar-refractivity contribution < 1.29 is 4.79 Å². The molecule has 0 saturated carbocycles. The number of amides is 2. The lowest BCUT2D eigenvalue weighted by Crippen LogP contribution is -2.42. The number of H-pyrrole nitrogens is 1. The van der Waals surface area contributed by atoms with Crippen LogP contribution in [0.15, 0.2) is 24.5 Å². The topological polar surface area (TPSA) is 105 Å². The Morgan fingerprint density at radius 1 is 1.32 bits per heavy atom. The molecule has 1 aliphatic heterocycles. The quantitative estimate of drug-likeness (QED) is 0.727. The predicted molar refractivity (Wildman–Crippen MR) is 105 cm³/mol. The molecular formula is C19H24N8O. The molecule has 0 spiro atoms. The van der Waals surface area contributed by atoms with Crippen molar-refractivity contribution in [2.45, 2.75) is 32.6 Å². The van der Waals surface area contributed by atoms with Crippen molar-refractivity contribution in [3.63, 3.8) is 0 Å². The summed E-state index contributed by atoms with van der Waals surface area (Å²) in [4.78, 5) is 19.2. The minimum Gasteiger partial charge on any atom is -0.324 e. The van der Waals surface area contributed by atoms with Gasteiger partial charge in [0.25, 0.3) is 0 Å². The van der Waals surface area contributed by atoms with Gasteiger partial charge in [-0.1, -0.05) is 12.1 Å². The number of carbonyl (C=O) groups is 1. The molecule has 146 valence electrons. The van der Waals surface area contributed by atoms with Crippen molar-refractivity contribution in [2.75, 3.05) is 18.4 Å². The van der Waals surface area contributed by atoms with Crippen LogP contribution in [0.5, 0.6) is 0 Å². The molecule has 1 atom stereocenters. The maximum Gasteiger partial charge on any atom is 0.321 e. The summed E-state index contributed by atoms with van der Waals surface area (Å²) in [7, 11) is 1.90. The second-order valence-electron chi connectivity index (χ2n) is 7.24. The first kappa shape index (κ1) is 18.1. The number of hydrogen-bond acceptors (Lipinski definition) is 5. The summed E-state index contributed by atoms with van der Waals surface area (Å²) in [5.41, 5.74) is 2.69. The molecule has 2 N–H and O–H groups in total. The highest BCUT2D eigenvalue weighted by molar-refractivity contribution is 5.91. The summed E-state index contributed by atoms with van der Waals surface area (Å²) in [5.74, 6) is 2.52. The van der Waals surface area contributed by atoms with Gasteiger partial charge in [-0.2, -0.15) is 5.10 Å². The molecule has 9 nitrogen and oxygen atoms in total. The molecule has 0 aliphatic carbocycles. The van der Waals surface area contributed by atoms with E-state index in [2.05, 4.69) is 30.7 Å². The van der Waals surface area contributed by atoms with E-state index in [1.54, 1.807) is 6.33 Å². The molecule has 28 heavy (non-hydrogen) atoms. The number of aryl methyl sites for hydroxylation is 2. The third-order valence-electron chi connectivity index (χ3n) is 5.22. The summed E-state index contributed by atoms with van der Waals surface area (Å²) in [6, 6.07) is 5.71. The van der Waals surface area contributed by atoms with Crippen LogP contribution in [0.2, 0.25) is 0 Å². The lowest BCUT2D eigenvalue weighted by Gasteiger charge is -2.31. The smallest absolute Gasteiger partial charge is 0.321 e. The highest BCUT2D eigenvalue weighted by Gasteiger charge is 2.27. The van der Waals surface area contributed by atoms with Gasteiger partial charge in [0.2, 0.25) is 0 Å². The summed E-state index contributed by atoms with van der Waals surface area (Å²) < 4.78 is 1.86. The van der Waals surface area contributed by atoms with Crippen LogP contribution in [0.4, 0.5) is 10.5 Å². The lowest BCUT2D eigenvalue weighted by molar-refractivity contribution is 0.191. The zero-order valence-corrected chi connectivity index (χ0v) is 16.3. The molecule has 3 aromatic rings. The van der Waals surface area contributed by atoms with E-state index in [4.69, 9.17) is 0 Å². The number of aromatic amines is 1. The van der Waals surface area contributed by atoms with E-state index < -0.39 is 0 Å². The van der Waals surface area contributed by atoms with Crippen LogP contribution in [-0.4, -0.2) is 54.0 Å². The Morgan fingerprint density at radius 2 is 2.18 bits per heavy atom. The van der Waals surface area contributed by atoms with Gasteiger partial charge in [0, 0.05) is 37.3 Å². The Kier molecular flexibility index (Phi) is 4.81. The first-order valence-electron chi connectivity index (χ1n) is 9.41. The van der Waals surface area contributed by atoms with E-state index >= 15 is 0 Å². The van der Waals surface area contributed by atoms with E-state index in [0.29, 0.717) is 6.54 Å². The lowest BCUT2D eigenvalue weighted by atomic mass is 9.97. The van der Waals surface area contributed by atoms with Crippen molar-refractivity contribution in [1.29, 1.82) is 0 Å². The number of nitrogens with one attached hydrogen (secondary N) is 2. The van der Waals surface area contributed by atoms with Crippen LogP contribution in [0.25, 0.3) is 11.4 Å². The second-order valence-corrected chi connectivity index (χ2v) is 7.24. The minimum absolute atomic E-state index is 0.102. The van der Waals surface area contributed by atoms with Crippen molar-refractivity contribution in [3.05, 3.63) is 41.7 Å². The summed E-state index contributed by atoms with van der Waals surface area (Å²) in [6.45, 7) is 5.21. The Bertz CT molecular complexity index is 991. The summed E-state index contributed by atoms with van der Waals surface area (Å²) >= 11 is 0. The molecular weight excluding hydrogens is 356 g/mol. The molecule has 9 heteroatoms. The Hall–Kier alpha value is -3.23. The van der Waals surface area contributed by atoms with Gasteiger partial charge in [-0.3, -0.25) is 5.10 Å². The van der Waals surface area contributed by atoms with Crippen molar-refractivity contribution in [3.8, 4) is 11.4 Å². The SMILES string of the molecule is Cc1nc([C@H]2CCCN(C(=O)Nc3cccc(-c4nncn4C)c3C)C2)n[nH]1. The highest BCUT2D eigenvalue weighted by atomic mass is 16.2. The third-order valence-corrected chi connectivity index (χ3v) is 5.22. The van der Waals surface area contributed by atoms with Crippen LogP contribution in [0.1, 0.15) is 36.0 Å². The third kappa shape index (κ3) is 3.47. The van der Waals surface area contributed by atoms with Gasteiger partial charge in [-0.05, 0) is 38.3 Å². The predicted octanol–water partition coefficient (Wildman–Crippen LogP) is 2.63. The zero-order valence-electron chi connectivity index (χ0n) is 16.3. The molecule has 1 aliphatic rings. The zero-order chi connectivity index (χ0) is 19.7. The Morgan fingerprint density at radius 3 is 2.89 bits per heavy atom. The summed E-state index contributed by atoms with van der Waals surface area (Å²) in [6.07, 6.45) is 3.59. The summed E-state index contributed by atoms with van der Waals surface area (Å²) in [5, 5.41) is 18.3. The van der Waals surface area contributed by atoms with Crippen molar-refractivity contribution in [2.24, 2.45) is 7.05 Å². The Balaban J connectivity index is 1.50. The number of carbonyl (C=O) groups excluding carboxylic acids is 1. The number of nitrogens with zero attached hydrogens (tertiary/aromatic N) is 6. The molecule has 1 fully saturated rings. The van der Waals surface area contributed by atoms with Crippen LogP contribution in [-0.2, 0) is 7.05 Å². The number of aromatic nitrogens is 6. The molecule has 4 rings (SSSR count). The van der Waals surface area contributed by atoms with Crippen molar-refractivity contribution in [1.82, 2.24) is 34.8 Å². The number of benzene rings is 1. The molecule has 3 heterocycles. The standard InChI is InChI=1S/C19H24N8O/c1-12-15(18-25-20-11-26(18)3)7-4-8-16(12)22-19(28)27-9-5-6-14(10-27)17-21-13(2)23-24-17/h4,7-8,11,14H,5-6,9-10H2,1-3H3,(H,22,28)(H,21,23,24)/t14-/m0/s1. The number of piperidine rings is 1. The van der Waals surface area contributed by atoms with Gasteiger partial charge in [0.05, 0.1) is 0 Å². The normalized spacial score (nSPS) is 17.0. The number of hydrogen-bond donors (Lipinski definition) is 2. The maximum atomic E-state index is 12.9. The monoisotopic (exact) mass is 380 g/mol. The highest BCUT2D eigenvalue weighted by Crippen LogP contribution is 2.28. The minimum atomic E-state index is -0.102. The fraction of sp³-hybridized carbons (Fsp3) is 0.421. The Labute approximate surface area is 163 Å². The molecule has 2 aromatic heterocycles. The molecule has 0 bridgehead atoms. The van der Waals surface area contributed by atoms with Crippen LogP contribution >= 0.6 is 0 Å². The van der Waals surface area contributed by atoms with Crippen LogP contribution in [0.3, 0.4) is 0 Å². The second kappa shape index (κ2) is 7.41. The number of rotatable bonds is 3. The van der Waals surface area contributed by atoms with Crippen molar-refractivity contribution >= 4 is 11.7 Å². The number of anilines is 1. The molecule has 0 radical (unpaired) electrons. The average Bonchev–Trinajstić information content (AvgIpc) is 3.32. The average molecular weight is 380 g/mol. The molecule has 0 unspecified atom stereocenters. The molecule has 2 amide bonds. The van der Waals surface area contributed by atoms with Gasteiger partial charge in [0.15, 0.2) is 11.6 Å². The first-order valence-corrected chi connectivity index (χ1v) is 9.41. The van der Waals surface area contributed by atoms with Gasteiger partial charge in [-0.25, -0.2) is 9.78 Å². The number of likely N-dealkylation sites (tertiary alicyclic amines) is 1. The van der Waals surface area contributed by atoms with Crippen LogP contribution < -0.4 is 5.32 Å². The molecule has 1 saturated heterocycles.